The Bertz CT molecular complexity index is 258. The number of epoxide rings is 1. The number of morpholine rings is 1. The Morgan fingerprint density at radius 2 is 2.23 bits per heavy atom. The summed E-state index contributed by atoms with van der Waals surface area (Å²) in [6.45, 7) is 7.35. The lowest BCUT2D eigenvalue weighted by atomic mass is 9.79. The van der Waals surface area contributed by atoms with Crippen LogP contribution in [0.2, 0.25) is 0 Å². The quantitative estimate of drug-likeness (QED) is 0.576. The van der Waals surface area contributed by atoms with E-state index in [0.29, 0.717) is 13.1 Å². The maximum atomic E-state index is 10.7. The number of hydrogen-bond acceptors (Lipinski definition) is 2. The number of amides is 1. The molecule has 2 fully saturated rings. The number of carboxylic acid groups (broad SMARTS) is 1. The summed E-state index contributed by atoms with van der Waals surface area (Å²) in [5.41, 5.74) is -0.173. The molecule has 0 aromatic rings. The Balaban J connectivity index is 2.12. The first-order chi connectivity index (χ1) is 5.87. The van der Waals surface area contributed by atoms with E-state index in [0.717, 1.165) is 0 Å². The normalized spacial score (nSPS) is 37.5. The number of likely N-dealkylation sites (tertiary alicyclic amines) is 1. The molecule has 2 aliphatic heterocycles. The minimum atomic E-state index is -0.834. The zero-order valence-corrected chi connectivity index (χ0v) is 8.20. The molecule has 2 heterocycles. The fraction of sp³-hybridized carbons (Fsp3) is 0.889. The molecule has 13 heavy (non-hydrogen) atoms. The molecule has 4 heteroatoms. The monoisotopic (exact) mass is 185 g/mol. The summed E-state index contributed by atoms with van der Waals surface area (Å²) in [4.78, 5) is 12.2. The Labute approximate surface area is 77.5 Å². The van der Waals surface area contributed by atoms with Gasteiger partial charge in [0.05, 0.1) is 13.1 Å². The standard InChI is InChI=1S/C9H15NO3/c1-8(2,3)9-5-10(7(11)12)4-6(9)13-9/h6H,4-5H2,1-3H3,(H,11,12). The fourth-order valence-electron chi connectivity index (χ4n) is 2.13. The highest BCUT2D eigenvalue weighted by atomic mass is 16.6. The van der Waals surface area contributed by atoms with E-state index in [1.807, 2.05) is 0 Å². The first kappa shape index (κ1) is 8.81. The number of fused-ring (bicyclic) bond motifs is 1. The summed E-state index contributed by atoms with van der Waals surface area (Å²) in [7, 11) is 0. The van der Waals surface area contributed by atoms with Crippen LogP contribution >= 0.6 is 0 Å². The highest BCUT2D eigenvalue weighted by Gasteiger charge is 2.68. The predicted molar refractivity (Wildman–Crippen MR) is 46.7 cm³/mol. The maximum absolute atomic E-state index is 10.7. The third kappa shape index (κ3) is 1.05. The average Bonchev–Trinajstić information content (AvgIpc) is 2.54. The smallest absolute Gasteiger partial charge is 0.407 e. The average molecular weight is 185 g/mol. The molecule has 2 aliphatic rings. The second kappa shape index (κ2) is 2.18. The Kier molecular flexibility index (Phi) is 1.48. The van der Waals surface area contributed by atoms with Gasteiger partial charge in [0.2, 0.25) is 0 Å². The molecule has 0 spiro atoms. The van der Waals surface area contributed by atoms with Crippen LogP contribution in [0.3, 0.4) is 0 Å². The summed E-state index contributed by atoms with van der Waals surface area (Å²) in [5, 5.41) is 8.80. The van der Waals surface area contributed by atoms with Gasteiger partial charge in [0.1, 0.15) is 11.7 Å². The van der Waals surface area contributed by atoms with Crippen LogP contribution in [-0.4, -0.2) is 40.9 Å². The number of hydrogen-bond donors (Lipinski definition) is 1. The summed E-state index contributed by atoms with van der Waals surface area (Å²) in [5.74, 6) is 0. The third-order valence-electron chi connectivity index (χ3n) is 3.17. The first-order valence-corrected chi connectivity index (χ1v) is 4.52. The summed E-state index contributed by atoms with van der Waals surface area (Å²) < 4.78 is 5.58. The van der Waals surface area contributed by atoms with Crippen molar-refractivity contribution in [1.82, 2.24) is 4.90 Å². The topological polar surface area (TPSA) is 53.1 Å². The van der Waals surface area contributed by atoms with E-state index in [-0.39, 0.29) is 17.1 Å². The van der Waals surface area contributed by atoms with Crippen molar-refractivity contribution >= 4 is 6.09 Å². The molecular formula is C9H15NO3. The molecule has 0 radical (unpaired) electrons. The van der Waals surface area contributed by atoms with Crippen LogP contribution in [0.15, 0.2) is 0 Å². The lowest BCUT2D eigenvalue weighted by Gasteiger charge is -2.27. The second-order valence-corrected chi connectivity index (χ2v) is 4.91. The van der Waals surface area contributed by atoms with E-state index in [2.05, 4.69) is 20.8 Å². The molecule has 2 unspecified atom stereocenters. The van der Waals surface area contributed by atoms with Crippen molar-refractivity contribution in [2.45, 2.75) is 32.5 Å². The van der Waals surface area contributed by atoms with Gasteiger partial charge in [-0.3, -0.25) is 0 Å². The number of ether oxygens (including phenoxy) is 1. The van der Waals surface area contributed by atoms with E-state index in [4.69, 9.17) is 9.84 Å². The third-order valence-corrected chi connectivity index (χ3v) is 3.17. The first-order valence-electron chi connectivity index (χ1n) is 4.52. The molecule has 1 N–H and O–H groups in total. The van der Waals surface area contributed by atoms with Crippen molar-refractivity contribution in [2.75, 3.05) is 13.1 Å². The van der Waals surface area contributed by atoms with Crippen molar-refractivity contribution in [3.05, 3.63) is 0 Å². The van der Waals surface area contributed by atoms with Gasteiger partial charge in [-0.15, -0.1) is 0 Å². The van der Waals surface area contributed by atoms with Gasteiger partial charge in [0, 0.05) is 0 Å². The van der Waals surface area contributed by atoms with E-state index in [9.17, 15) is 4.79 Å². The zero-order valence-electron chi connectivity index (χ0n) is 8.20. The van der Waals surface area contributed by atoms with Crippen molar-refractivity contribution in [3.63, 3.8) is 0 Å². The molecule has 0 aromatic heterocycles. The van der Waals surface area contributed by atoms with E-state index < -0.39 is 6.09 Å². The van der Waals surface area contributed by atoms with Crippen LogP contribution in [0.1, 0.15) is 20.8 Å². The largest absolute Gasteiger partial charge is 0.465 e. The molecule has 0 aliphatic carbocycles. The lowest BCUT2D eigenvalue weighted by Crippen LogP contribution is -2.39. The summed E-state index contributed by atoms with van der Waals surface area (Å²) in [6, 6.07) is 0. The van der Waals surface area contributed by atoms with Crippen LogP contribution in [0.5, 0.6) is 0 Å². The van der Waals surface area contributed by atoms with Gasteiger partial charge in [0.25, 0.3) is 0 Å². The van der Waals surface area contributed by atoms with E-state index in [1.54, 1.807) is 0 Å². The molecule has 4 nitrogen and oxygen atoms in total. The minimum Gasteiger partial charge on any atom is -0.465 e. The minimum absolute atomic E-state index is 0.0296. The summed E-state index contributed by atoms with van der Waals surface area (Å²) in [6.07, 6.45) is -0.706. The maximum Gasteiger partial charge on any atom is 0.407 e. The van der Waals surface area contributed by atoms with Gasteiger partial charge in [-0.25, -0.2) is 4.79 Å². The molecule has 0 bridgehead atoms. The van der Waals surface area contributed by atoms with Crippen LogP contribution in [-0.2, 0) is 4.74 Å². The van der Waals surface area contributed by atoms with E-state index >= 15 is 0 Å². The molecular weight excluding hydrogens is 170 g/mol. The Morgan fingerprint density at radius 3 is 2.54 bits per heavy atom. The van der Waals surface area contributed by atoms with Crippen molar-refractivity contribution in [3.8, 4) is 0 Å². The number of rotatable bonds is 0. The molecule has 2 rings (SSSR count). The molecule has 2 atom stereocenters. The SMILES string of the molecule is CC(C)(C)C12CN(C(=O)O)CC1O2. The molecule has 0 aromatic carbocycles. The Morgan fingerprint density at radius 1 is 1.62 bits per heavy atom. The number of nitrogens with zero attached hydrogens (tertiary/aromatic N) is 1. The highest BCUT2D eigenvalue weighted by Crippen LogP contribution is 2.54. The van der Waals surface area contributed by atoms with Crippen molar-refractivity contribution in [1.29, 1.82) is 0 Å². The molecule has 1 amide bonds. The lowest BCUT2D eigenvalue weighted by molar-refractivity contribution is 0.0850. The van der Waals surface area contributed by atoms with Crippen LogP contribution in [0.25, 0.3) is 0 Å². The summed E-state index contributed by atoms with van der Waals surface area (Å²) >= 11 is 0. The predicted octanol–water partition coefficient (Wildman–Crippen LogP) is 1.16. The van der Waals surface area contributed by atoms with Gasteiger partial charge in [-0.2, -0.15) is 0 Å². The molecule has 2 saturated heterocycles. The number of carbonyl (C=O) groups is 1. The van der Waals surface area contributed by atoms with Crippen LogP contribution < -0.4 is 0 Å². The fourth-order valence-corrected chi connectivity index (χ4v) is 2.13. The van der Waals surface area contributed by atoms with E-state index in [1.165, 1.54) is 4.90 Å². The Hall–Kier alpha value is -0.770. The molecule has 0 saturated carbocycles. The highest BCUT2D eigenvalue weighted by molar-refractivity contribution is 5.66. The van der Waals surface area contributed by atoms with Crippen molar-refractivity contribution < 1.29 is 14.6 Å². The second-order valence-electron chi connectivity index (χ2n) is 4.91. The zero-order chi connectivity index (χ0) is 9.85. The van der Waals surface area contributed by atoms with Crippen molar-refractivity contribution in [2.24, 2.45) is 5.41 Å². The van der Waals surface area contributed by atoms with Crippen LogP contribution in [0, 0.1) is 5.41 Å². The molecule has 74 valence electrons. The van der Waals surface area contributed by atoms with Gasteiger partial charge in [-0.05, 0) is 5.41 Å². The van der Waals surface area contributed by atoms with Gasteiger partial charge >= 0.3 is 6.09 Å². The van der Waals surface area contributed by atoms with Gasteiger partial charge in [-0.1, -0.05) is 20.8 Å². The van der Waals surface area contributed by atoms with Gasteiger partial charge in [0.15, 0.2) is 0 Å². The van der Waals surface area contributed by atoms with Gasteiger partial charge < -0.3 is 14.7 Å². The van der Waals surface area contributed by atoms with Crippen LogP contribution in [0.4, 0.5) is 4.79 Å².